The average Bonchev–Trinajstić information content (AvgIpc) is 3.73. The van der Waals surface area contributed by atoms with Crippen molar-refractivity contribution in [2.75, 3.05) is 0 Å². The summed E-state index contributed by atoms with van der Waals surface area (Å²) in [5.41, 5.74) is 12.8. The lowest BCUT2D eigenvalue weighted by Gasteiger charge is -2.22. The molecule has 3 heterocycles. The summed E-state index contributed by atoms with van der Waals surface area (Å²) in [6.45, 7) is 0. The molecule has 0 aliphatic carbocycles. The average molecular weight is 682 g/mol. The van der Waals surface area contributed by atoms with Gasteiger partial charge in [-0.1, -0.05) is 127 Å². The Hall–Kier alpha value is -5.89. The molecule has 6 aromatic carbocycles. The smallest absolute Gasteiger partial charge is 0.169 e. The van der Waals surface area contributed by atoms with Crippen LogP contribution in [0.1, 0.15) is 38.9 Å². The number of rotatable bonds is 7. The summed E-state index contributed by atoms with van der Waals surface area (Å²) in [5, 5.41) is 7.17. The van der Waals surface area contributed by atoms with E-state index in [2.05, 4.69) is 90.2 Å². The fourth-order valence-electron chi connectivity index (χ4n) is 6.59. The van der Waals surface area contributed by atoms with Crippen LogP contribution in [0.25, 0.3) is 30.3 Å². The fourth-order valence-corrected chi connectivity index (χ4v) is 8.88. The van der Waals surface area contributed by atoms with Gasteiger partial charge in [0.1, 0.15) is 17.5 Å². The van der Waals surface area contributed by atoms with Crippen LogP contribution in [0.3, 0.4) is 0 Å². The molecule has 1 aliphatic rings. The molecule has 240 valence electrons. The Morgan fingerprint density at radius 1 is 0.640 bits per heavy atom. The Kier molecular flexibility index (Phi) is 7.76. The van der Waals surface area contributed by atoms with Gasteiger partial charge in [-0.25, -0.2) is 15.0 Å². The van der Waals surface area contributed by atoms with Crippen LogP contribution < -0.4 is 11.1 Å². The number of amidine groups is 3. The normalized spacial score (nSPS) is 14.9. The van der Waals surface area contributed by atoms with E-state index >= 15 is 0 Å². The number of hydrogen-bond donors (Lipinski definition) is 2. The zero-order valence-electron chi connectivity index (χ0n) is 27.0. The maximum atomic E-state index is 6.57. The van der Waals surface area contributed by atoms with Crippen LogP contribution in [0, 0.1) is 0 Å². The molecule has 0 bridgehead atoms. The van der Waals surface area contributed by atoms with E-state index in [4.69, 9.17) is 20.7 Å². The zero-order valence-corrected chi connectivity index (χ0v) is 28.6. The summed E-state index contributed by atoms with van der Waals surface area (Å²) >= 11 is 3.60. The van der Waals surface area contributed by atoms with E-state index in [1.54, 1.807) is 11.3 Å². The molecule has 0 saturated carbocycles. The van der Waals surface area contributed by atoms with Crippen molar-refractivity contribution in [2.45, 2.75) is 12.6 Å². The monoisotopic (exact) mass is 681 g/mol. The summed E-state index contributed by atoms with van der Waals surface area (Å²) in [6.07, 6.45) is 0.393. The first kappa shape index (κ1) is 30.2. The molecule has 0 saturated heterocycles. The maximum absolute atomic E-state index is 6.57. The molecule has 5 nitrogen and oxygen atoms in total. The second-order valence-electron chi connectivity index (χ2n) is 12.3. The van der Waals surface area contributed by atoms with Crippen LogP contribution in [-0.2, 0) is 6.42 Å². The van der Waals surface area contributed by atoms with Crippen LogP contribution in [-0.4, -0.2) is 17.5 Å². The maximum Gasteiger partial charge on any atom is 0.169 e. The number of fused-ring (bicyclic) bond motifs is 4. The summed E-state index contributed by atoms with van der Waals surface area (Å²) in [6, 6.07) is 52.4. The number of benzene rings is 6. The van der Waals surface area contributed by atoms with Crippen molar-refractivity contribution >= 4 is 76.1 Å². The minimum atomic E-state index is -0.353. The molecule has 8 aromatic rings. The molecular formula is C43H31N5S2. The Balaban J connectivity index is 1.15. The van der Waals surface area contributed by atoms with Crippen LogP contribution in [0.4, 0.5) is 5.69 Å². The number of aliphatic imine (C=N–C) groups is 3. The first-order valence-electron chi connectivity index (χ1n) is 16.6. The van der Waals surface area contributed by atoms with Crippen molar-refractivity contribution in [1.29, 1.82) is 0 Å². The molecule has 7 heteroatoms. The van der Waals surface area contributed by atoms with Crippen LogP contribution in [0.15, 0.2) is 167 Å². The largest absolute Gasteiger partial charge is 0.383 e. The Labute approximate surface area is 297 Å². The Morgan fingerprint density at radius 2 is 1.32 bits per heavy atom. The lowest BCUT2D eigenvalue weighted by molar-refractivity contribution is 0.756. The van der Waals surface area contributed by atoms with Crippen LogP contribution >= 0.6 is 22.7 Å². The number of nitrogens with zero attached hydrogens (tertiary/aromatic N) is 3. The third-order valence-corrected chi connectivity index (χ3v) is 11.3. The van der Waals surface area contributed by atoms with Crippen molar-refractivity contribution in [3.05, 3.63) is 184 Å². The van der Waals surface area contributed by atoms with Crippen molar-refractivity contribution in [1.82, 2.24) is 5.32 Å². The molecule has 9 rings (SSSR count). The molecule has 1 atom stereocenters. The van der Waals surface area contributed by atoms with Gasteiger partial charge in [0.15, 0.2) is 6.17 Å². The SMILES string of the molecule is NC(=Nc1c(Cc2ccc3sc4cccc(C5=NC(c6ccccc6)N=C(c6ccccc6)N5)c4c3c2)sc2ccccc12)c1ccccc1. The molecule has 1 aliphatic heterocycles. The predicted octanol–water partition coefficient (Wildman–Crippen LogP) is 10.4. The lowest BCUT2D eigenvalue weighted by atomic mass is 10.0. The van der Waals surface area contributed by atoms with Gasteiger partial charge in [-0.3, -0.25) is 0 Å². The third kappa shape index (κ3) is 5.66. The van der Waals surface area contributed by atoms with Crippen LogP contribution in [0.5, 0.6) is 0 Å². The summed E-state index contributed by atoms with van der Waals surface area (Å²) in [5.74, 6) is 2.16. The Morgan fingerprint density at radius 3 is 2.14 bits per heavy atom. The minimum absolute atomic E-state index is 0.353. The predicted molar refractivity (Wildman–Crippen MR) is 213 cm³/mol. The van der Waals surface area contributed by atoms with E-state index in [0.29, 0.717) is 5.84 Å². The van der Waals surface area contributed by atoms with E-state index in [1.807, 2.05) is 78.1 Å². The van der Waals surface area contributed by atoms with Crippen molar-refractivity contribution < 1.29 is 0 Å². The molecular weight excluding hydrogens is 651 g/mol. The van der Waals surface area contributed by atoms with Gasteiger partial charge in [0.25, 0.3) is 0 Å². The minimum Gasteiger partial charge on any atom is -0.383 e. The molecule has 0 fully saturated rings. The quantitative estimate of drug-likeness (QED) is 0.130. The molecule has 50 heavy (non-hydrogen) atoms. The van der Waals surface area contributed by atoms with Gasteiger partial charge in [-0.2, -0.15) is 0 Å². The van der Waals surface area contributed by atoms with E-state index in [1.165, 1.54) is 35.3 Å². The second-order valence-corrected chi connectivity index (χ2v) is 14.5. The standard InChI is InChI=1S/C43H31N5S2/c44-40(28-13-4-1-5-14-28)45-39-31-19-10-11-21-34(31)50-37(39)26-27-23-24-35-33(25-27)38-32(20-12-22-36(38)49-35)43-47-41(29-15-6-2-7-16-29)46-42(48-43)30-17-8-3-9-18-30/h1-25,41H,26H2,(H2,44,45)(H,46,47,48). The number of hydrogen-bond acceptors (Lipinski definition) is 6. The summed E-state index contributed by atoms with van der Waals surface area (Å²) < 4.78 is 3.67. The lowest BCUT2D eigenvalue weighted by Crippen LogP contribution is -2.36. The third-order valence-electron chi connectivity index (χ3n) is 9.01. The molecule has 0 amide bonds. The highest BCUT2D eigenvalue weighted by molar-refractivity contribution is 7.25. The number of nitrogens with two attached hydrogens (primary N) is 1. The molecule has 2 aromatic heterocycles. The van der Waals surface area contributed by atoms with Crippen molar-refractivity contribution in [2.24, 2.45) is 20.7 Å². The summed E-state index contributed by atoms with van der Waals surface area (Å²) in [4.78, 5) is 16.5. The highest BCUT2D eigenvalue weighted by Crippen LogP contribution is 2.41. The van der Waals surface area contributed by atoms with Gasteiger partial charge in [0.05, 0.1) is 5.69 Å². The molecule has 0 radical (unpaired) electrons. The van der Waals surface area contributed by atoms with Gasteiger partial charge < -0.3 is 11.1 Å². The van der Waals surface area contributed by atoms with Crippen molar-refractivity contribution in [3.8, 4) is 0 Å². The molecule has 3 N–H and O–H groups in total. The van der Waals surface area contributed by atoms with Gasteiger partial charge in [-0.15, -0.1) is 22.7 Å². The topological polar surface area (TPSA) is 75.1 Å². The van der Waals surface area contributed by atoms with Crippen LogP contribution in [0.2, 0.25) is 0 Å². The molecule has 0 spiro atoms. The van der Waals surface area contributed by atoms with E-state index in [9.17, 15) is 0 Å². The second kappa shape index (κ2) is 12.9. The van der Waals surface area contributed by atoms with Gasteiger partial charge >= 0.3 is 0 Å². The van der Waals surface area contributed by atoms with Gasteiger partial charge in [0.2, 0.25) is 0 Å². The Bertz CT molecular complexity index is 2600. The van der Waals surface area contributed by atoms with E-state index < -0.39 is 0 Å². The highest BCUT2D eigenvalue weighted by Gasteiger charge is 2.23. The fraction of sp³-hybridized carbons (Fsp3) is 0.0465. The number of nitrogens with one attached hydrogen (secondary N) is 1. The number of thiophene rings is 2. The molecule has 1 unspecified atom stereocenters. The van der Waals surface area contributed by atoms with E-state index in [0.717, 1.165) is 51.4 Å². The highest BCUT2D eigenvalue weighted by atomic mass is 32.1. The van der Waals surface area contributed by atoms with Crippen molar-refractivity contribution in [3.63, 3.8) is 0 Å². The first-order chi connectivity index (χ1) is 24.7. The summed E-state index contributed by atoms with van der Waals surface area (Å²) in [7, 11) is 0. The first-order valence-corrected chi connectivity index (χ1v) is 18.2. The van der Waals surface area contributed by atoms with Gasteiger partial charge in [0, 0.05) is 58.2 Å². The van der Waals surface area contributed by atoms with E-state index in [-0.39, 0.29) is 6.17 Å². The zero-order chi connectivity index (χ0) is 33.4. The van der Waals surface area contributed by atoms with Gasteiger partial charge in [-0.05, 0) is 35.4 Å².